The van der Waals surface area contributed by atoms with Crippen LogP contribution in [0.5, 0.6) is 0 Å². The van der Waals surface area contributed by atoms with Gasteiger partial charge in [0, 0.05) is 36.7 Å². The van der Waals surface area contributed by atoms with Crippen molar-refractivity contribution in [2.75, 3.05) is 0 Å². The minimum atomic E-state index is 0.724. The van der Waals surface area contributed by atoms with Gasteiger partial charge >= 0.3 is 0 Å². The quantitative estimate of drug-likeness (QED) is 0.191. The number of aromatic nitrogens is 2. The topological polar surface area (TPSA) is 25.8 Å². The minimum Gasteiger partial charge on any atom is -0.227 e. The van der Waals surface area contributed by atoms with Crippen LogP contribution in [0.2, 0.25) is 0 Å². The number of fused-ring (bicyclic) bond motifs is 8. The molecule has 0 aliphatic carbocycles. The molecule has 0 fully saturated rings. The zero-order valence-electron chi connectivity index (χ0n) is 26.5. The normalized spacial score (nSPS) is 11.7. The molecule has 2 aromatic heterocycles. The van der Waals surface area contributed by atoms with Crippen LogP contribution in [0.4, 0.5) is 0 Å². The first-order chi connectivity index (χ1) is 24.3. The van der Waals surface area contributed by atoms with E-state index in [0.29, 0.717) is 0 Å². The summed E-state index contributed by atoms with van der Waals surface area (Å²) < 4.78 is 2.51. The summed E-state index contributed by atoms with van der Waals surface area (Å²) in [6.07, 6.45) is 0. The molecule has 8 aromatic carbocycles. The molecule has 3 heteroatoms. The molecule has 0 aliphatic heterocycles. The van der Waals surface area contributed by atoms with Crippen LogP contribution in [0.1, 0.15) is 0 Å². The maximum absolute atomic E-state index is 5.46. The largest absolute Gasteiger partial charge is 0.227 e. The molecule has 0 N–H and O–H groups in total. The molecule has 0 unspecified atom stereocenters. The summed E-state index contributed by atoms with van der Waals surface area (Å²) in [4.78, 5) is 10.9. The Morgan fingerprint density at radius 1 is 0.367 bits per heavy atom. The van der Waals surface area contributed by atoms with Gasteiger partial charge in [0.05, 0.1) is 11.2 Å². The maximum atomic E-state index is 5.46. The standard InChI is InChI=1S/C46H28N2S/c1-2-12-30(13-3-1)36-18-8-9-19-37(36)33-16-10-17-35(28-33)46-47-44(34-22-21-29-11-4-5-15-32(29)27-34)39-24-26-41-43(45(39)48-46)42-38-20-7-6-14-31(38)23-25-40(42)49-41/h1-28H. The van der Waals surface area contributed by atoms with Crippen LogP contribution < -0.4 is 0 Å². The van der Waals surface area contributed by atoms with E-state index in [1.165, 1.54) is 58.4 Å². The Morgan fingerprint density at radius 2 is 1.02 bits per heavy atom. The lowest BCUT2D eigenvalue weighted by atomic mass is 9.93. The van der Waals surface area contributed by atoms with Gasteiger partial charge in [-0.15, -0.1) is 11.3 Å². The number of hydrogen-bond acceptors (Lipinski definition) is 3. The van der Waals surface area contributed by atoms with E-state index in [2.05, 4.69) is 170 Å². The molecule has 0 amide bonds. The fraction of sp³-hybridized carbons (Fsp3) is 0. The van der Waals surface area contributed by atoms with Crippen LogP contribution in [-0.2, 0) is 0 Å². The molecule has 49 heavy (non-hydrogen) atoms. The second-order valence-corrected chi connectivity index (χ2v) is 13.6. The predicted octanol–water partition coefficient (Wildman–Crippen LogP) is 13.0. The van der Waals surface area contributed by atoms with Crippen LogP contribution in [0.3, 0.4) is 0 Å². The molecule has 228 valence electrons. The first kappa shape index (κ1) is 27.9. The highest BCUT2D eigenvalue weighted by atomic mass is 32.1. The van der Waals surface area contributed by atoms with Gasteiger partial charge in [0.2, 0.25) is 0 Å². The average Bonchev–Trinajstić information content (AvgIpc) is 3.58. The molecule has 0 aliphatic rings. The van der Waals surface area contributed by atoms with Crippen LogP contribution >= 0.6 is 11.3 Å². The van der Waals surface area contributed by atoms with Crippen LogP contribution in [0.25, 0.3) is 97.5 Å². The van der Waals surface area contributed by atoms with Crippen molar-refractivity contribution in [3.05, 3.63) is 170 Å². The molecular weight excluding hydrogens is 613 g/mol. The first-order valence-corrected chi connectivity index (χ1v) is 17.4. The molecule has 0 spiro atoms. The zero-order valence-corrected chi connectivity index (χ0v) is 27.3. The smallest absolute Gasteiger partial charge is 0.160 e. The van der Waals surface area contributed by atoms with Crippen LogP contribution in [0.15, 0.2) is 170 Å². The summed E-state index contributed by atoms with van der Waals surface area (Å²) in [6, 6.07) is 60.8. The maximum Gasteiger partial charge on any atom is 0.160 e. The van der Waals surface area contributed by atoms with Gasteiger partial charge in [-0.2, -0.15) is 0 Å². The fourth-order valence-corrected chi connectivity index (χ4v) is 8.46. The van der Waals surface area contributed by atoms with Gasteiger partial charge < -0.3 is 0 Å². The van der Waals surface area contributed by atoms with E-state index in [-0.39, 0.29) is 0 Å². The van der Waals surface area contributed by atoms with E-state index >= 15 is 0 Å². The Kier molecular flexibility index (Phi) is 6.39. The average molecular weight is 641 g/mol. The lowest BCUT2D eigenvalue weighted by Crippen LogP contribution is -1.96. The van der Waals surface area contributed by atoms with Crippen molar-refractivity contribution in [2.24, 2.45) is 0 Å². The summed E-state index contributed by atoms with van der Waals surface area (Å²) >= 11 is 1.84. The van der Waals surface area contributed by atoms with Crippen molar-refractivity contribution in [1.29, 1.82) is 0 Å². The van der Waals surface area contributed by atoms with Crippen LogP contribution in [0, 0.1) is 0 Å². The van der Waals surface area contributed by atoms with E-state index in [0.717, 1.165) is 39.1 Å². The highest BCUT2D eigenvalue weighted by Crippen LogP contribution is 2.44. The van der Waals surface area contributed by atoms with Crippen molar-refractivity contribution in [3.63, 3.8) is 0 Å². The third-order valence-corrected chi connectivity index (χ3v) is 10.8. The minimum absolute atomic E-state index is 0.724. The second-order valence-electron chi connectivity index (χ2n) is 12.5. The van der Waals surface area contributed by atoms with Gasteiger partial charge in [-0.05, 0) is 74.1 Å². The van der Waals surface area contributed by atoms with Crippen molar-refractivity contribution in [1.82, 2.24) is 9.97 Å². The van der Waals surface area contributed by atoms with E-state index in [1.807, 2.05) is 11.3 Å². The number of benzene rings is 8. The monoisotopic (exact) mass is 640 g/mol. The molecule has 2 heterocycles. The highest BCUT2D eigenvalue weighted by molar-refractivity contribution is 7.26. The van der Waals surface area contributed by atoms with Crippen LogP contribution in [-0.4, -0.2) is 9.97 Å². The summed E-state index contributed by atoms with van der Waals surface area (Å²) in [5, 5.41) is 8.43. The van der Waals surface area contributed by atoms with E-state index < -0.39 is 0 Å². The van der Waals surface area contributed by atoms with E-state index in [1.54, 1.807) is 0 Å². The summed E-state index contributed by atoms with van der Waals surface area (Å²) in [5.41, 5.74) is 8.73. The molecule has 0 saturated heterocycles. The summed E-state index contributed by atoms with van der Waals surface area (Å²) in [7, 11) is 0. The number of hydrogen-bond donors (Lipinski definition) is 0. The molecule has 0 bridgehead atoms. The Labute approximate surface area is 287 Å². The van der Waals surface area contributed by atoms with Gasteiger partial charge in [0.1, 0.15) is 0 Å². The SMILES string of the molecule is c1ccc(-c2ccccc2-c2cccc(-c3nc(-c4ccc5ccccc5c4)c4ccc5sc6ccc7ccccc7c6c5c4n3)c2)cc1. The fourth-order valence-electron chi connectivity index (χ4n) is 7.33. The van der Waals surface area contributed by atoms with Crippen molar-refractivity contribution in [3.8, 4) is 44.9 Å². The first-order valence-electron chi connectivity index (χ1n) is 16.6. The number of nitrogens with zero attached hydrogens (tertiary/aromatic N) is 2. The molecule has 0 saturated carbocycles. The second kappa shape index (κ2) is 11.2. The molecular formula is C46H28N2S. The Bertz CT molecular complexity index is 2890. The van der Waals surface area contributed by atoms with Gasteiger partial charge in [0.15, 0.2) is 5.82 Å². The molecule has 10 rings (SSSR count). The Morgan fingerprint density at radius 3 is 1.90 bits per heavy atom. The third-order valence-electron chi connectivity index (χ3n) is 9.66. The summed E-state index contributed by atoms with van der Waals surface area (Å²) in [6.45, 7) is 0. The van der Waals surface area contributed by atoms with Crippen molar-refractivity contribution >= 4 is 64.0 Å². The van der Waals surface area contributed by atoms with Crippen molar-refractivity contribution in [2.45, 2.75) is 0 Å². The van der Waals surface area contributed by atoms with E-state index in [9.17, 15) is 0 Å². The van der Waals surface area contributed by atoms with Gasteiger partial charge in [-0.25, -0.2) is 9.97 Å². The zero-order chi connectivity index (χ0) is 32.3. The molecule has 10 aromatic rings. The third kappa shape index (κ3) is 4.62. The lowest BCUT2D eigenvalue weighted by molar-refractivity contribution is 1.24. The highest BCUT2D eigenvalue weighted by Gasteiger charge is 2.19. The predicted molar refractivity (Wildman–Crippen MR) is 209 cm³/mol. The lowest BCUT2D eigenvalue weighted by Gasteiger charge is -2.13. The van der Waals surface area contributed by atoms with Gasteiger partial charge in [0.25, 0.3) is 0 Å². The molecule has 0 atom stereocenters. The Hall–Kier alpha value is -6.16. The van der Waals surface area contributed by atoms with Gasteiger partial charge in [-0.3, -0.25) is 0 Å². The molecule has 2 nitrogen and oxygen atoms in total. The van der Waals surface area contributed by atoms with Crippen molar-refractivity contribution < 1.29 is 0 Å². The number of rotatable bonds is 4. The van der Waals surface area contributed by atoms with Gasteiger partial charge in [-0.1, -0.05) is 140 Å². The Balaban J connectivity index is 1.26. The molecule has 0 radical (unpaired) electrons. The van der Waals surface area contributed by atoms with E-state index in [4.69, 9.17) is 9.97 Å². The number of thiophene rings is 1. The summed E-state index contributed by atoms with van der Waals surface area (Å²) in [5.74, 6) is 0.724.